The van der Waals surface area contributed by atoms with E-state index < -0.39 is 23.0 Å². The van der Waals surface area contributed by atoms with Gasteiger partial charge >= 0.3 is 5.97 Å². The minimum absolute atomic E-state index is 0.0325. The second-order valence-corrected chi connectivity index (χ2v) is 13.9. The van der Waals surface area contributed by atoms with Gasteiger partial charge in [-0.05, 0) is 60.0 Å². The van der Waals surface area contributed by atoms with Crippen LogP contribution in [0.4, 0.5) is 10.7 Å². The van der Waals surface area contributed by atoms with Gasteiger partial charge in [-0.2, -0.15) is 0 Å². The summed E-state index contributed by atoms with van der Waals surface area (Å²) in [5.74, 6) is -1.67. The Labute approximate surface area is 308 Å². The van der Waals surface area contributed by atoms with Gasteiger partial charge < -0.3 is 30.0 Å². The molecule has 5 aromatic rings. The Balaban J connectivity index is 1.24. The number of hydrogen-bond donors (Lipinski definition) is 3. The number of thioether (sulfide) groups is 1. The molecule has 0 saturated carbocycles. The number of rotatable bonds is 11. The number of fused-ring (bicyclic) bond motifs is 1. The Kier molecular flexibility index (Phi) is 11.3. The van der Waals surface area contributed by atoms with E-state index in [1.165, 1.54) is 49.5 Å². The third kappa shape index (κ3) is 8.50. The van der Waals surface area contributed by atoms with E-state index in [9.17, 15) is 24.0 Å². The number of esters is 1. The minimum atomic E-state index is -0.759. The number of carbonyl (C=O) groups is 5. The van der Waals surface area contributed by atoms with Gasteiger partial charge in [-0.15, -0.1) is 23.1 Å². The van der Waals surface area contributed by atoms with E-state index in [2.05, 4.69) is 16.0 Å². The molecule has 264 valence electrons. The quantitative estimate of drug-likeness (QED) is 0.0754. The Bertz CT molecular complexity index is 2130. The molecule has 6 rings (SSSR count). The van der Waals surface area contributed by atoms with Gasteiger partial charge in [0.1, 0.15) is 21.7 Å². The maximum atomic E-state index is 14.1. The van der Waals surface area contributed by atoms with Crippen molar-refractivity contribution in [2.24, 2.45) is 0 Å². The van der Waals surface area contributed by atoms with Gasteiger partial charge in [-0.1, -0.05) is 54.6 Å². The molecule has 1 atom stereocenters. The monoisotopic (exact) mass is 734 g/mol. The fraction of sp³-hybridized carbons (Fsp3) is 0.154. The van der Waals surface area contributed by atoms with Crippen molar-refractivity contribution in [3.63, 3.8) is 0 Å². The average molecular weight is 735 g/mol. The maximum Gasteiger partial charge on any atom is 0.341 e. The molecule has 0 aliphatic carbocycles. The lowest BCUT2D eigenvalue weighted by atomic mass is 10.0. The second-order valence-electron chi connectivity index (χ2n) is 11.7. The number of amides is 4. The molecule has 0 bridgehead atoms. The van der Waals surface area contributed by atoms with E-state index in [-0.39, 0.29) is 17.5 Å². The van der Waals surface area contributed by atoms with Gasteiger partial charge in [-0.25, -0.2) is 4.79 Å². The number of furan rings is 1. The van der Waals surface area contributed by atoms with Crippen LogP contribution >= 0.6 is 23.1 Å². The zero-order chi connectivity index (χ0) is 36.6. The van der Waals surface area contributed by atoms with Gasteiger partial charge in [-0.3, -0.25) is 19.2 Å². The maximum absolute atomic E-state index is 14.1. The Morgan fingerprint density at radius 3 is 2.37 bits per heavy atom. The van der Waals surface area contributed by atoms with Crippen LogP contribution in [-0.2, 0) is 32.1 Å². The van der Waals surface area contributed by atoms with Crippen molar-refractivity contribution in [2.75, 3.05) is 24.3 Å². The van der Waals surface area contributed by atoms with Crippen molar-refractivity contribution < 1.29 is 33.1 Å². The normalized spacial score (nSPS) is 13.0. The molecule has 0 radical (unpaired) electrons. The molecule has 11 nitrogen and oxygen atoms in total. The standard InChI is InChI=1S/C39H34N4O7S2/c1-24(44)43-19-18-30-32(23-43)52-38(33(30)39(48)49-2)42-37(47)34(25-11-5-3-6-12-25)51-29-17-9-15-27(21-29)40-36(46)31(22-28-16-10-20-50-28)41-35(45)26-13-7-4-8-14-26/h3-17,20-22,34H,18-19,23H2,1-2H3,(H,40,46)(H,41,45)(H,42,47)/b31-22-. The number of ether oxygens (including phenoxy) is 1. The van der Waals surface area contributed by atoms with E-state index in [0.717, 1.165) is 16.0 Å². The number of nitrogens with zero attached hydrogens (tertiary/aromatic N) is 1. The van der Waals surface area contributed by atoms with Crippen LogP contribution in [0.15, 0.2) is 118 Å². The summed E-state index contributed by atoms with van der Waals surface area (Å²) >= 11 is 2.53. The Morgan fingerprint density at radius 2 is 1.67 bits per heavy atom. The van der Waals surface area contributed by atoms with E-state index in [1.54, 1.807) is 65.6 Å². The Hall–Kier alpha value is -5.92. The van der Waals surface area contributed by atoms with Gasteiger partial charge in [0.2, 0.25) is 11.8 Å². The lowest BCUT2D eigenvalue weighted by Gasteiger charge is -2.25. The molecule has 4 amide bonds. The number of methoxy groups -OCH3 is 1. The van der Waals surface area contributed by atoms with E-state index >= 15 is 0 Å². The first kappa shape index (κ1) is 35.9. The summed E-state index contributed by atoms with van der Waals surface area (Å²) in [4.78, 5) is 68.9. The van der Waals surface area contributed by atoms with Crippen molar-refractivity contribution in [3.8, 4) is 0 Å². The molecule has 3 aromatic carbocycles. The average Bonchev–Trinajstić information content (AvgIpc) is 3.81. The molecule has 52 heavy (non-hydrogen) atoms. The van der Waals surface area contributed by atoms with Crippen molar-refractivity contribution in [1.82, 2.24) is 10.2 Å². The predicted octanol–water partition coefficient (Wildman–Crippen LogP) is 6.91. The smallest absolute Gasteiger partial charge is 0.341 e. The van der Waals surface area contributed by atoms with Crippen molar-refractivity contribution in [2.45, 2.75) is 30.0 Å². The van der Waals surface area contributed by atoms with Crippen LogP contribution in [0.1, 0.15) is 54.7 Å². The number of nitrogens with one attached hydrogen (secondary N) is 3. The summed E-state index contributed by atoms with van der Waals surface area (Å²) in [6.07, 6.45) is 3.37. The summed E-state index contributed by atoms with van der Waals surface area (Å²) in [6.45, 7) is 2.31. The molecule has 0 saturated heterocycles. The number of thiophene rings is 1. The highest BCUT2D eigenvalue weighted by atomic mass is 32.2. The van der Waals surface area contributed by atoms with E-state index in [4.69, 9.17) is 9.15 Å². The molecular formula is C39H34N4O7S2. The molecule has 1 aliphatic heterocycles. The first-order chi connectivity index (χ1) is 25.2. The van der Waals surface area contributed by atoms with Gasteiger partial charge in [0.25, 0.3) is 11.8 Å². The van der Waals surface area contributed by atoms with E-state index in [0.29, 0.717) is 52.0 Å². The number of anilines is 2. The fourth-order valence-electron chi connectivity index (χ4n) is 5.60. The summed E-state index contributed by atoms with van der Waals surface area (Å²) in [5, 5.41) is 8.12. The molecule has 3 heterocycles. The van der Waals surface area contributed by atoms with Gasteiger partial charge in [0.15, 0.2) is 0 Å². The van der Waals surface area contributed by atoms with Crippen molar-refractivity contribution in [1.29, 1.82) is 0 Å². The molecule has 1 aliphatic rings. The van der Waals surface area contributed by atoms with Crippen LogP contribution in [-0.4, -0.2) is 48.2 Å². The Morgan fingerprint density at radius 1 is 0.923 bits per heavy atom. The minimum Gasteiger partial charge on any atom is -0.465 e. The van der Waals surface area contributed by atoms with Crippen LogP contribution in [0.2, 0.25) is 0 Å². The summed E-state index contributed by atoms with van der Waals surface area (Å²) in [6, 6.07) is 28.1. The molecule has 1 unspecified atom stereocenters. The van der Waals surface area contributed by atoms with Gasteiger partial charge in [0, 0.05) is 40.6 Å². The zero-order valence-corrected chi connectivity index (χ0v) is 29.8. The first-order valence-electron chi connectivity index (χ1n) is 16.2. The van der Waals surface area contributed by atoms with Crippen LogP contribution in [0, 0.1) is 0 Å². The first-order valence-corrected chi connectivity index (χ1v) is 17.9. The molecule has 0 spiro atoms. The fourth-order valence-corrected chi connectivity index (χ4v) is 7.93. The predicted molar refractivity (Wildman–Crippen MR) is 200 cm³/mol. The van der Waals surface area contributed by atoms with Crippen LogP contribution in [0.25, 0.3) is 6.08 Å². The lowest BCUT2D eigenvalue weighted by molar-refractivity contribution is -0.129. The van der Waals surface area contributed by atoms with Gasteiger partial charge in [0.05, 0.1) is 25.5 Å². The number of hydrogen-bond acceptors (Lipinski definition) is 9. The summed E-state index contributed by atoms with van der Waals surface area (Å²) in [5.41, 5.74) is 2.57. The van der Waals surface area contributed by atoms with Crippen LogP contribution in [0.5, 0.6) is 0 Å². The summed E-state index contributed by atoms with van der Waals surface area (Å²) in [7, 11) is 1.30. The molecule has 13 heteroatoms. The second kappa shape index (κ2) is 16.4. The highest BCUT2D eigenvalue weighted by molar-refractivity contribution is 8.00. The molecular weight excluding hydrogens is 701 g/mol. The van der Waals surface area contributed by atoms with Crippen LogP contribution < -0.4 is 16.0 Å². The molecule has 3 N–H and O–H groups in total. The van der Waals surface area contributed by atoms with Crippen molar-refractivity contribution in [3.05, 3.63) is 142 Å². The lowest BCUT2D eigenvalue weighted by Crippen LogP contribution is -2.33. The highest BCUT2D eigenvalue weighted by Crippen LogP contribution is 2.41. The largest absolute Gasteiger partial charge is 0.465 e. The SMILES string of the molecule is COC(=O)c1c(NC(=O)C(Sc2cccc(NC(=O)/C(=C/c3ccco3)NC(=O)c3ccccc3)c2)c2ccccc2)sc2c1CCN(C(C)=O)C2. The number of carbonyl (C=O) groups excluding carboxylic acids is 5. The summed E-state index contributed by atoms with van der Waals surface area (Å²) < 4.78 is 10.5. The third-order valence-electron chi connectivity index (χ3n) is 8.17. The molecule has 2 aromatic heterocycles. The third-order valence-corrected chi connectivity index (χ3v) is 10.6. The van der Waals surface area contributed by atoms with Crippen LogP contribution in [0.3, 0.4) is 0 Å². The van der Waals surface area contributed by atoms with E-state index in [1.807, 2.05) is 36.4 Å². The zero-order valence-electron chi connectivity index (χ0n) is 28.2. The van der Waals surface area contributed by atoms with Crippen molar-refractivity contribution >= 4 is 69.5 Å². The highest BCUT2D eigenvalue weighted by Gasteiger charge is 2.32. The number of benzene rings is 3. The molecule has 0 fully saturated rings. The topological polar surface area (TPSA) is 147 Å².